The molecule has 12 aromatic rings. The number of nitrogens with one attached hydrogen (secondary N) is 11. The molecule has 3 atom stereocenters. The van der Waals surface area contributed by atoms with Crippen molar-refractivity contribution in [2.45, 2.75) is 63.8 Å². The lowest BCUT2D eigenvalue weighted by atomic mass is 10.1. The standard InChI is InChI=1S/C19H18N4O6.C19H17N3O6.C16H12N2O5.C8H7ClO2.C8H4N2O5.C8H6N2O3.C4H7NO4/c24-16(23-28)9-15-18(26)21-14-7-6-12(8-13(14)17(25)22-15)20-19(27)29-10-11-4-2-1-3-5-11;23-16(24)9-15-18(26)21-14-7-6-12(8-13(14)17(25)22-15)20-19(27)28-10-11-4-2-1-3-5-11;19-14-12-8-11(6-7-13(12)18-16(21)23-14)17-15(20)22-9-10-4-2-1-3-5-10;9-8(10)11-6-7-4-2-1-3-5-7;11-7-5-3-4(10(13)14)1-2-6(5)9-8(12)15-7;9-4-1-2-6-5(3-4)7(11)13-8(12)10-6;5-2(4(8)9)1-3(6)7/h1-8,15,28H,9-10H2,(H,20,27)(H,21,26)(H,22,25)(H,23,24);1-8,15H,9-10H2,(H,20,27)(H,21,26)(H,22,25)(H,23,24);1-8H,9H2,(H,17,20)(H,18,21);1-5H,6H2;1-3H,(H,9,12);1-3H,9H2,(H,10,12);2H,1,5H2,(H,6,7)(H,8,9). The normalized spacial score (nSPS) is 12.7. The number of H-pyrrole nitrogens is 3. The van der Waals surface area contributed by atoms with Crippen LogP contribution in [0, 0.1) is 10.1 Å². The summed E-state index contributed by atoms with van der Waals surface area (Å²) in [4.78, 5) is 220. The van der Waals surface area contributed by atoms with Crippen LogP contribution in [0.5, 0.6) is 0 Å². The van der Waals surface area contributed by atoms with Crippen molar-refractivity contribution >= 4 is 155 Å². The summed E-state index contributed by atoms with van der Waals surface area (Å²) in [6.07, 6.45) is -3.56. The van der Waals surface area contributed by atoms with Crippen LogP contribution in [-0.4, -0.2) is 130 Å². The average molecular weight is 1780 g/mol. The van der Waals surface area contributed by atoms with Crippen molar-refractivity contribution in [1.29, 1.82) is 0 Å². The number of halogens is 1. The number of hydroxylamine groups is 1. The lowest BCUT2D eigenvalue weighted by Crippen LogP contribution is -2.44. The molecule has 46 heteroatoms. The Morgan fingerprint density at radius 2 is 0.805 bits per heavy atom. The number of ether oxygens (including phenoxy) is 4. The summed E-state index contributed by atoms with van der Waals surface area (Å²) in [6.45, 7) is 0.548. The summed E-state index contributed by atoms with van der Waals surface area (Å²) in [5.41, 5.74) is 14.8. The van der Waals surface area contributed by atoms with Crippen molar-refractivity contribution in [3.8, 4) is 0 Å². The van der Waals surface area contributed by atoms with Crippen LogP contribution < -0.4 is 88.3 Å². The predicted molar refractivity (Wildman–Crippen MR) is 451 cm³/mol. The van der Waals surface area contributed by atoms with Gasteiger partial charge < -0.3 is 80.3 Å². The predicted octanol–water partition coefficient (Wildman–Crippen LogP) is 7.46. The van der Waals surface area contributed by atoms with Gasteiger partial charge in [-0.25, -0.2) is 53.4 Å². The molecule has 45 nitrogen and oxygen atoms in total. The molecule has 0 bridgehead atoms. The third kappa shape index (κ3) is 30.7. The highest BCUT2D eigenvalue weighted by atomic mass is 35.5. The van der Waals surface area contributed by atoms with Crippen molar-refractivity contribution in [2.75, 3.05) is 32.3 Å². The Balaban J connectivity index is 0.000000191. The van der Waals surface area contributed by atoms with Gasteiger partial charge in [-0.2, -0.15) is 0 Å². The number of aliphatic carboxylic acids is 3. The molecule has 9 aromatic carbocycles. The van der Waals surface area contributed by atoms with Crippen LogP contribution in [-0.2, 0) is 74.1 Å². The van der Waals surface area contributed by atoms with Crippen LogP contribution >= 0.6 is 11.6 Å². The molecule has 0 saturated heterocycles. The third-order valence-corrected chi connectivity index (χ3v) is 16.8. The number of nitro groups is 1. The smallest absolute Gasteiger partial charge is 0.419 e. The summed E-state index contributed by atoms with van der Waals surface area (Å²) in [7, 11) is 0. The summed E-state index contributed by atoms with van der Waals surface area (Å²) in [5.74, 6) is -9.48. The number of aromatic amines is 3. The number of nitro benzene ring substituents is 1. The van der Waals surface area contributed by atoms with E-state index in [0.717, 1.165) is 28.3 Å². The third-order valence-electron chi connectivity index (χ3n) is 16.7. The van der Waals surface area contributed by atoms with Gasteiger partial charge in [0.25, 0.3) is 17.5 Å². The summed E-state index contributed by atoms with van der Waals surface area (Å²) in [5, 5.41) is 61.7. The van der Waals surface area contributed by atoms with E-state index >= 15 is 0 Å². The Bertz CT molecular complexity index is 6490. The molecular formula is C82H71ClN14O31. The summed E-state index contributed by atoms with van der Waals surface area (Å²) >= 11 is 4.97. The zero-order chi connectivity index (χ0) is 93.1. The van der Waals surface area contributed by atoms with Crippen LogP contribution in [0.1, 0.15) is 62.2 Å². The Morgan fingerprint density at radius 3 is 1.16 bits per heavy atom. The van der Waals surface area contributed by atoms with Crippen LogP contribution in [0.25, 0.3) is 32.7 Å². The van der Waals surface area contributed by atoms with E-state index < -0.39 is 148 Å². The number of hydrogen-bond donors (Lipinski definition) is 17. The van der Waals surface area contributed by atoms with Gasteiger partial charge in [-0.1, -0.05) is 121 Å². The zero-order valence-corrected chi connectivity index (χ0v) is 66.4. The molecule has 0 saturated carbocycles. The van der Waals surface area contributed by atoms with Gasteiger partial charge in [0.05, 0.1) is 79.4 Å². The fourth-order valence-corrected chi connectivity index (χ4v) is 10.7. The number of carboxylic acid groups (broad SMARTS) is 3. The maximum Gasteiger partial charge on any atom is 0.419 e. The van der Waals surface area contributed by atoms with Crippen LogP contribution in [0.15, 0.2) is 254 Å². The Kier molecular flexibility index (Phi) is 35.1. The van der Waals surface area contributed by atoms with E-state index in [4.69, 9.17) is 57.8 Å². The number of rotatable bonds is 19. The largest absolute Gasteiger partial charge is 0.481 e. The number of nitrogen functional groups attached to an aromatic ring is 1. The van der Waals surface area contributed by atoms with Crippen molar-refractivity contribution in [3.63, 3.8) is 0 Å². The van der Waals surface area contributed by atoms with Crippen molar-refractivity contribution < 1.29 is 115 Å². The SMILES string of the molecule is NC(CC(=O)O)C(=O)O.Nc1ccc2[nH]c(=O)oc(=O)c2c1.O=C(CC1NC(=O)c2cc(NC(=O)OCc3ccccc3)ccc2NC1=O)NO.O=C(Cl)OCc1ccccc1.O=C(Nc1ccc2[nH]c(=O)oc(=O)c2c1)OCc1ccccc1.O=C(O)CC1NC(=O)c2cc(NC(=O)OCc3ccccc3)ccc2NC1=O.O=c1[nH]c2ccc([N+](=O)[O-])cc2c(=O)o1. The highest BCUT2D eigenvalue weighted by molar-refractivity contribution is 6.61. The first-order chi connectivity index (χ1) is 61.1. The van der Waals surface area contributed by atoms with E-state index in [1.165, 1.54) is 72.2 Å². The fourth-order valence-electron chi connectivity index (χ4n) is 10.7. The lowest BCUT2D eigenvalue weighted by molar-refractivity contribution is -0.384. The van der Waals surface area contributed by atoms with Crippen molar-refractivity contribution in [1.82, 2.24) is 31.1 Å². The van der Waals surface area contributed by atoms with E-state index in [9.17, 15) is 96.4 Å². The molecule has 662 valence electrons. The van der Waals surface area contributed by atoms with E-state index in [2.05, 4.69) is 70.2 Å². The van der Waals surface area contributed by atoms with Gasteiger partial charge in [-0.15, -0.1) is 0 Å². The number of benzene rings is 9. The minimum absolute atomic E-state index is 0.0243. The number of hydrogen-bond acceptors (Lipinski definition) is 30. The molecule has 0 radical (unpaired) electrons. The molecule has 128 heavy (non-hydrogen) atoms. The second kappa shape index (κ2) is 46.9. The van der Waals surface area contributed by atoms with Gasteiger partial charge in [0, 0.05) is 46.5 Å². The molecule has 0 aliphatic carbocycles. The van der Waals surface area contributed by atoms with Crippen molar-refractivity contribution in [3.05, 3.63) is 319 Å². The number of carbonyl (C=O) groups excluding carboxylic acids is 9. The molecule has 2 aliphatic rings. The molecule has 14 rings (SSSR count). The maximum absolute atomic E-state index is 12.4. The second-order valence-corrected chi connectivity index (χ2v) is 26.3. The monoisotopic (exact) mass is 1780 g/mol. The van der Waals surface area contributed by atoms with E-state index in [1.807, 2.05) is 121 Å². The van der Waals surface area contributed by atoms with Gasteiger partial charge in [-0.05, 0) is 101 Å². The Labute approximate surface area is 719 Å². The maximum atomic E-state index is 12.4. The first-order valence-electron chi connectivity index (χ1n) is 36.6. The molecule has 0 fully saturated rings. The van der Waals surface area contributed by atoms with Gasteiger partial charge in [-0.3, -0.25) is 84.6 Å². The topological polar surface area (TPSA) is 703 Å². The Morgan fingerprint density at radius 1 is 0.453 bits per heavy atom. The van der Waals surface area contributed by atoms with Gasteiger partial charge >= 0.3 is 75.8 Å². The van der Waals surface area contributed by atoms with Crippen LogP contribution in [0.2, 0.25) is 0 Å². The van der Waals surface area contributed by atoms with Crippen LogP contribution in [0.4, 0.5) is 59.0 Å². The molecule has 0 spiro atoms. The molecule has 5 heterocycles. The fraction of sp³-hybridized carbons (Fsp3) is 0.122. The molecule has 3 aromatic heterocycles. The molecule has 3 unspecified atom stereocenters. The number of carboxylic acids is 3. The number of anilines is 6. The minimum Gasteiger partial charge on any atom is -0.481 e. The highest BCUT2D eigenvalue weighted by Gasteiger charge is 2.32. The average Bonchev–Trinajstić information content (AvgIpc) is 1.77. The van der Waals surface area contributed by atoms with Gasteiger partial charge in [0.15, 0.2) is 0 Å². The Hall–Kier alpha value is -17.8. The lowest BCUT2D eigenvalue weighted by Gasteiger charge is -2.12. The molecular weight excluding hydrogens is 1710 g/mol. The number of non-ortho nitro benzene ring substituents is 1. The quantitative estimate of drug-likeness (QED) is 0.00932. The molecule has 19 N–H and O–H groups in total. The number of carbonyl (C=O) groups is 12. The summed E-state index contributed by atoms with van der Waals surface area (Å²) in [6, 6.07) is 54.5. The zero-order valence-electron chi connectivity index (χ0n) is 65.7. The van der Waals surface area contributed by atoms with Crippen LogP contribution in [0.3, 0.4) is 0 Å². The number of nitrogens with two attached hydrogens (primary N) is 2. The number of amides is 8. The first-order valence-corrected chi connectivity index (χ1v) is 37.0. The van der Waals surface area contributed by atoms with E-state index in [0.29, 0.717) is 22.4 Å². The minimum atomic E-state index is -1.29. The molecule has 2 aliphatic heterocycles. The second-order valence-electron chi connectivity index (χ2n) is 26.0. The van der Waals surface area contributed by atoms with Crippen molar-refractivity contribution in [2.24, 2.45) is 5.73 Å². The molecule has 8 amide bonds. The number of nitrogens with zero attached hydrogens (tertiary/aromatic N) is 1. The van der Waals surface area contributed by atoms with Gasteiger partial charge in [0.2, 0.25) is 17.7 Å². The summed E-state index contributed by atoms with van der Waals surface area (Å²) < 4.78 is 32.9. The van der Waals surface area contributed by atoms with E-state index in [-0.39, 0.29) is 87.7 Å². The number of aromatic nitrogens is 3. The van der Waals surface area contributed by atoms with E-state index in [1.54, 1.807) is 18.2 Å². The highest BCUT2D eigenvalue weighted by Crippen LogP contribution is 2.27. The number of fused-ring (bicyclic) bond motifs is 5. The first kappa shape index (κ1) is 95.7. The van der Waals surface area contributed by atoms with Gasteiger partial charge in [0.1, 0.15) is 44.6 Å².